The highest BCUT2D eigenvalue weighted by molar-refractivity contribution is 5.89. The fourth-order valence-electron chi connectivity index (χ4n) is 0.659. The molecule has 0 aromatic carbocycles. The van der Waals surface area contributed by atoms with Gasteiger partial charge in [0, 0.05) is 5.71 Å². The van der Waals surface area contributed by atoms with Gasteiger partial charge >= 0.3 is 0 Å². The third-order valence-corrected chi connectivity index (χ3v) is 1.32. The minimum atomic E-state index is 0.370. The number of nitrogens with zero attached hydrogens (tertiary/aromatic N) is 1. The lowest BCUT2D eigenvalue weighted by atomic mass is 9.97. The molecule has 0 N–H and O–H groups in total. The molecule has 1 fully saturated rings. The summed E-state index contributed by atoms with van der Waals surface area (Å²) >= 11 is 0. The van der Waals surface area contributed by atoms with Crippen molar-refractivity contribution in [2.75, 3.05) is 6.54 Å². The molecular formula is C6H9NO. The van der Waals surface area contributed by atoms with Gasteiger partial charge in [0.05, 0.1) is 6.54 Å². The summed E-state index contributed by atoms with van der Waals surface area (Å²) < 4.78 is 0. The van der Waals surface area contributed by atoms with E-state index in [1.807, 2.05) is 0 Å². The van der Waals surface area contributed by atoms with Crippen molar-refractivity contribution < 1.29 is 4.79 Å². The van der Waals surface area contributed by atoms with E-state index in [0.29, 0.717) is 6.54 Å². The predicted octanol–water partition coefficient (Wildman–Crippen LogP) is 0.810. The maximum Gasteiger partial charge on any atom is 0.141 e. The maximum atomic E-state index is 9.74. The lowest BCUT2D eigenvalue weighted by molar-refractivity contribution is -0.106. The van der Waals surface area contributed by atoms with Crippen molar-refractivity contribution in [2.45, 2.75) is 19.3 Å². The summed E-state index contributed by atoms with van der Waals surface area (Å²) in [4.78, 5) is 13.7. The fourth-order valence-corrected chi connectivity index (χ4v) is 0.659. The van der Waals surface area contributed by atoms with Gasteiger partial charge in [-0.1, -0.05) is 0 Å². The van der Waals surface area contributed by atoms with Crippen molar-refractivity contribution in [1.29, 1.82) is 0 Å². The molecule has 1 rings (SSSR count). The first-order chi connectivity index (χ1) is 3.93. The van der Waals surface area contributed by atoms with Crippen molar-refractivity contribution in [1.82, 2.24) is 0 Å². The number of rotatable bonds is 2. The highest BCUT2D eigenvalue weighted by Gasteiger charge is 2.07. The summed E-state index contributed by atoms with van der Waals surface area (Å²) in [7, 11) is 0. The molecule has 0 saturated heterocycles. The van der Waals surface area contributed by atoms with Gasteiger partial charge in [-0.15, -0.1) is 0 Å². The molecule has 44 valence electrons. The molecule has 8 heavy (non-hydrogen) atoms. The lowest BCUT2D eigenvalue weighted by Gasteiger charge is -2.12. The van der Waals surface area contributed by atoms with Crippen molar-refractivity contribution >= 4 is 12.0 Å². The molecule has 2 heteroatoms. The lowest BCUT2D eigenvalue weighted by Crippen LogP contribution is -2.10. The summed E-state index contributed by atoms with van der Waals surface area (Å²) in [5, 5.41) is 0. The molecule has 0 atom stereocenters. The summed E-state index contributed by atoms with van der Waals surface area (Å²) in [6.07, 6.45) is 4.34. The van der Waals surface area contributed by atoms with Crippen LogP contribution in [0.5, 0.6) is 0 Å². The normalized spacial score (nSPS) is 17.2. The van der Waals surface area contributed by atoms with Crippen LogP contribution in [0.4, 0.5) is 0 Å². The van der Waals surface area contributed by atoms with Gasteiger partial charge in [0.15, 0.2) is 0 Å². The Kier molecular flexibility index (Phi) is 1.78. The number of aldehydes is 1. The van der Waals surface area contributed by atoms with E-state index in [2.05, 4.69) is 4.99 Å². The van der Waals surface area contributed by atoms with E-state index in [1.54, 1.807) is 0 Å². The monoisotopic (exact) mass is 111 g/mol. The zero-order valence-corrected chi connectivity index (χ0v) is 4.76. The average molecular weight is 111 g/mol. The minimum Gasteiger partial charge on any atom is -0.301 e. The van der Waals surface area contributed by atoms with Gasteiger partial charge in [0.2, 0.25) is 0 Å². The Morgan fingerprint density at radius 2 is 2.38 bits per heavy atom. The van der Waals surface area contributed by atoms with Crippen molar-refractivity contribution in [3.8, 4) is 0 Å². The molecule has 1 aliphatic rings. The van der Waals surface area contributed by atoms with Crippen LogP contribution in [0.2, 0.25) is 0 Å². The molecule has 1 aliphatic carbocycles. The van der Waals surface area contributed by atoms with Gasteiger partial charge in [-0.05, 0) is 19.3 Å². The standard InChI is InChI=1S/C6H9NO/c8-5-4-7-6-2-1-3-6/h5H,1-4H2. The summed E-state index contributed by atoms with van der Waals surface area (Å²) in [6, 6.07) is 0. The van der Waals surface area contributed by atoms with Crippen LogP contribution in [-0.2, 0) is 4.79 Å². The van der Waals surface area contributed by atoms with E-state index in [9.17, 15) is 4.79 Å². The number of carbonyl (C=O) groups is 1. The molecule has 0 heterocycles. The highest BCUT2D eigenvalue weighted by Crippen LogP contribution is 2.13. The van der Waals surface area contributed by atoms with Crippen LogP contribution in [0.15, 0.2) is 4.99 Å². The first kappa shape index (κ1) is 5.48. The SMILES string of the molecule is O=CCN=C1CCC1. The topological polar surface area (TPSA) is 29.4 Å². The van der Waals surface area contributed by atoms with Crippen LogP contribution in [-0.4, -0.2) is 18.5 Å². The Balaban J connectivity index is 2.20. The molecule has 2 nitrogen and oxygen atoms in total. The summed E-state index contributed by atoms with van der Waals surface area (Å²) in [5.41, 5.74) is 1.22. The molecule has 0 radical (unpaired) electrons. The molecule has 0 aliphatic heterocycles. The molecule has 1 saturated carbocycles. The fraction of sp³-hybridized carbons (Fsp3) is 0.667. The first-order valence-corrected chi connectivity index (χ1v) is 2.89. The molecule has 0 spiro atoms. The van der Waals surface area contributed by atoms with E-state index in [1.165, 1.54) is 12.1 Å². The number of hydrogen-bond donors (Lipinski definition) is 0. The van der Waals surface area contributed by atoms with Crippen LogP contribution in [0.25, 0.3) is 0 Å². The Hall–Kier alpha value is -0.660. The molecule has 0 aromatic rings. The van der Waals surface area contributed by atoms with Crippen LogP contribution in [0.1, 0.15) is 19.3 Å². The van der Waals surface area contributed by atoms with Crippen LogP contribution < -0.4 is 0 Å². The number of aliphatic imine (C=N–C) groups is 1. The van der Waals surface area contributed by atoms with E-state index in [0.717, 1.165) is 19.1 Å². The van der Waals surface area contributed by atoms with Crippen molar-refractivity contribution in [3.63, 3.8) is 0 Å². The van der Waals surface area contributed by atoms with Gasteiger partial charge in [-0.25, -0.2) is 0 Å². The van der Waals surface area contributed by atoms with Crippen LogP contribution >= 0.6 is 0 Å². The Labute approximate surface area is 48.6 Å². The predicted molar refractivity (Wildman–Crippen MR) is 32.2 cm³/mol. The van der Waals surface area contributed by atoms with Crippen LogP contribution in [0, 0.1) is 0 Å². The van der Waals surface area contributed by atoms with Gasteiger partial charge in [-0.2, -0.15) is 0 Å². The third kappa shape index (κ3) is 1.15. The smallest absolute Gasteiger partial charge is 0.141 e. The molecule has 0 bridgehead atoms. The van der Waals surface area contributed by atoms with E-state index < -0.39 is 0 Å². The Morgan fingerprint density at radius 3 is 2.75 bits per heavy atom. The molecule has 0 unspecified atom stereocenters. The highest BCUT2D eigenvalue weighted by atomic mass is 16.1. The van der Waals surface area contributed by atoms with E-state index in [4.69, 9.17) is 0 Å². The second-order valence-corrected chi connectivity index (χ2v) is 1.93. The van der Waals surface area contributed by atoms with Crippen LogP contribution in [0.3, 0.4) is 0 Å². The van der Waals surface area contributed by atoms with Gasteiger partial charge in [0.1, 0.15) is 6.29 Å². The molecule has 0 aromatic heterocycles. The minimum absolute atomic E-state index is 0.370. The average Bonchev–Trinajstić information content (AvgIpc) is 1.63. The van der Waals surface area contributed by atoms with Crippen molar-refractivity contribution in [2.24, 2.45) is 4.99 Å². The summed E-state index contributed by atoms with van der Waals surface area (Å²) in [5.74, 6) is 0. The van der Waals surface area contributed by atoms with E-state index in [-0.39, 0.29) is 0 Å². The van der Waals surface area contributed by atoms with Gasteiger partial charge < -0.3 is 4.79 Å². The molecular weight excluding hydrogens is 102 g/mol. The Morgan fingerprint density at radius 1 is 1.62 bits per heavy atom. The zero-order chi connectivity index (χ0) is 5.82. The van der Waals surface area contributed by atoms with Crippen molar-refractivity contribution in [3.05, 3.63) is 0 Å². The van der Waals surface area contributed by atoms with E-state index >= 15 is 0 Å². The Bertz CT molecular complexity index is 112. The third-order valence-electron chi connectivity index (χ3n) is 1.32. The second-order valence-electron chi connectivity index (χ2n) is 1.93. The second kappa shape index (κ2) is 2.60. The summed E-state index contributed by atoms with van der Waals surface area (Å²) in [6.45, 7) is 0.370. The molecule has 0 amide bonds. The van der Waals surface area contributed by atoms with Gasteiger partial charge in [-0.3, -0.25) is 4.99 Å². The zero-order valence-electron chi connectivity index (χ0n) is 4.76. The quantitative estimate of drug-likeness (QED) is 0.485. The first-order valence-electron chi connectivity index (χ1n) is 2.89. The van der Waals surface area contributed by atoms with Gasteiger partial charge in [0.25, 0.3) is 0 Å². The maximum absolute atomic E-state index is 9.74. The number of carbonyl (C=O) groups excluding carboxylic acids is 1. The largest absolute Gasteiger partial charge is 0.301 e. The number of hydrogen-bond acceptors (Lipinski definition) is 2.